The van der Waals surface area contributed by atoms with E-state index >= 15 is 8.78 Å². The third kappa shape index (κ3) is 5.91. The Morgan fingerprint density at radius 3 is 2.69 bits per heavy atom. The molecule has 0 radical (unpaired) electrons. The van der Waals surface area contributed by atoms with Crippen molar-refractivity contribution in [2.45, 2.75) is 87.5 Å². The maximum atomic E-state index is 15.0. The molecule has 1 aromatic carbocycles. The van der Waals surface area contributed by atoms with Crippen LogP contribution in [0.3, 0.4) is 0 Å². The van der Waals surface area contributed by atoms with Crippen molar-refractivity contribution in [2.24, 2.45) is 0 Å². The van der Waals surface area contributed by atoms with E-state index in [9.17, 15) is 15.0 Å². The number of terminal acetylenes is 1. The van der Waals surface area contributed by atoms with Crippen LogP contribution in [0.1, 0.15) is 48.6 Å². The summed E-state index contributed by atoms with van der Waals surface area (Å²) in [5.74, 6) is 2.56. The number of ether oxygens (including phenoxy) is 1. The zero-order valence-corrected chi connectivity index (χ0v) is 29.2. The molecule has 0 spiro atoms. The molecule has 3 aromatic rings. The third-order valence-corrected chi connectivity index (χ3v) is 11.6. The average molecular weight is 712 g/mol. The van der Waals surface area contributed by atoms with Crippen LogP contribution in [0, 0.1) is 18.2 Å². The van der Waals surface area contributed by atoms with Gasteiger partial charge in [0.15, 0.2) is 0 Å². The number of benzene rings is 1. The van der Waals surface area contributed by atoms with E-state index in [1.807, 2.05) is 28.9 Å². The normalized spacial score (nSPS) is 29.4. The van der Waals surface area contributed by atoms with Crippen LogP contribution in [0.25, 0.3) is 0 Å². The van der Waals surface area contributed by atoms with Crippen molar-refractivity contribution in [1.82, 2.24) is 19.9 Å². The van der Waals surface area contributed by atoms with Crippen molar-refractivity contribution in [3.8, 4) is 18.4 Å². The van der Waals surface area contributed by atoms with Gasteiger partial charge in [-0.1, -0.05) is 18.6 Å². The Morgan fingerprint density at radius 1 is 1.13 bits per heavy atom. The zero-order valence-electron chi connectivity index (χ0n) is 29.2. The first-order chi connectivity index (χ1) is 25.1. The second kappa shape index (κ2) is 13.3. The fourth-order valence-electron chi connectivity index (χ4n) is 9.28. The van der Waals surface area contributed by atoms with E-state index in [2.05, 4.69) is 22.4 Å². The highest BCUT2D eigenvalue weighted by Gasteiger charge is 2.49. The lowest BCUT2D eigenvalue weighted by Gasteiger charge is -2.44. The molecule has 5 aliphatic rings. The minimum Gasteiger partial charge on any atom is -0.461 e. The molecular weight excluding hydrogens is 668 g/mol. The molecule has 3 saturated heterocycles. The molecule has 0 saturated carbocycles. The van der Waals surface area contributed by atoms with Crippen LogP contribution >= 0.6 is 0 Å². The van der Waals surface area contributed by atoms with Gasteiger partial charge in [0.25, 0.3) is 0 Å². The SMILES string of the molecule is C#Cc1c(F)ccc2c1N([C@@H]1CCc3c(nc(OC[C@]4(C)C[C@@H](F)CN4c4ccncc4)nc3N3C[C@H]4CC(O)[C@@H](C3)N4C(=O)C=C)C1)C[C@@H](O)C2. The Hall–Kier alpha value is -4.80. The van der Waals surface area contributed by atoms with E-state index in [4.69, 9.17) is 21.1 Å². The Kier molecular flexibility index (Phi) is 8.78. The second-order valence-electron chi connectivity index (χ2n) is 15.0. The van der Waals surface area contributed by atoms with Gasteiger partial charge in [0.05, 0.1) is 46.8 Å². The van der Waals surface area contributed by atoms with Gasteiger partial charge in [0.1, 0.15) is 24.4 Å². The molecule has 3 fully saturated rings. The predicted molar refractivity (Wildman–Crippen MR) is 192 cm³/mol. The molecule has 272 valence electrons. The number of carbonyl (C=O) groups is 1. The molecule has 2 aromatic heterocycles. The number of pyridine rings is 1. The van der Waals surface area contributed by atoms with Gasteiger partial charge in [-0.15, -0.1) is 6.42 Å². The number of aromatic nitrogens is 3. The molecule has 8 rings (SSSR count). The van der Waals surface area contributed by atoms with Crippen molar-refractivity contribution in [2.75, 3.05) is 47.5 Å². The number of amides is 1. The number of hydrogen-bond acceptors (Lipinski definition) is 10. The van der Waals surface area contributed by atoms with Gasteiger partial charge in [0, 0.05) is 75.1 Å². The molecule has 11 nitrogen and oxygen atoms in total. The van der Waals surface area contributed by atoms with Crippen LogP contribution in [0.15, 0.2) is 49.3 Å². The average Bonchev–Trinajstić information content (AvgIpc) is 3.56. The number of halogens is 2. The van der Waals surface area contributed by atoms with E-state index in [1.54, 1.807) is 23.4 Å². The number of aliphatic hydroxyl groups is 2. The number of alkyl halides is 1. The van der Waals surface area contributed by atoms with E-state index < -0.39 is 35.8 Å². The topological polar surface area (TPSA) is 118 Å². The monoisotopic (exact) mass is 711 g/mol. The van der Waals surface area contributed by atoms with Gasteiger partial charge in [-0.3, -0.25) is 9.78 Å². The summed E-state index contributed by atoms with van der Waals surface area (Å²) in [6.45, 7) is 7.13. The summed E-state index contributed by atoms with van der Waals surface area (Å²) >= 11 is 0. The molecule has 1 aliphatic carbocycles. The standard InChI is InChI=1S/C39H43F2N7O4/c1-4-29-31(41)9-6-23-14-28(49)20-46(36(23)29)26-7-8-30-32(15-26)43-38(52-22-39(3)17-24(40)18-47(39)25-10-12-42-13-11-25)44-37(30)45-19-27-16-34(50)33(21-45)48(27)35(51)5-2/h1,5-6,9-13,24,26-28,33-34,49-50H,2,7-8,14-22H2,3H3/t24-,26-,27-,28+,33-,34?,39+/m1/s1. The van der Waals surface area contributed by atoms with Gasteiger partial charge in [-0.2, -0.15) is 9.97 Å². The van der Waals surface area contributed by atoms with Crippen LogP contribution in [0.2, 0.25) is 0 Å². The highest BCUT2D eigenvalue weighted by Crippen LogP contribution is 2.41. The van der Waals surface area contributed by atoms with Crippen LogP contribution in [-0.2, 0) is 24.1 Å². The van der Waals surface area contributed by atoms with Gasteiger partial charge >= 0.3 is 6.01 Å². The summed E-state index contributed by atoms with van der Waals surface area (Å²) in [5.41, 5.74) is 3.52. The van der Waals surface area contributed by atoms with Crippen molar-refractivity contribution < 1.29 is 28.5 Å². The number of rotatable bonds is 7. The van der Waals surface area contributed by atoms with Gasteiger partial charge in [0.2, 0.25) is 5.91 Å². The third-order valence-electron chi connectivity index (χ3n) is 11.6. The maximum Gasteiger partial charge on any atom is 0.318 e. The second-order valence-corrected chi connectivity index (χ2v) is 15.0. The lowest BCUT2D eigenvalue weighted by molar-refractivity contribution is -0.130. The minimum absolute atomic E-state index is 0.124. The zero-order chi connectivity index (χ0) is 36.3. The first-order valence-corrected chi connectivity index (χ1v) is 18.0. The smallest absolute Gasteiger partial charge is 0.318 e. The summed E-state index contributed by atoms with van der Waals surface area (Å²) in [6, 6.07) is 6.14. The van der Waals surface area contributed by atoms with E-state index in [1.165, 1.54) is 12.1 Å². The van der Waals surface area contributed by atoms with Gasteiger partial charge in [-0.05, 0) is 56.0 Å². The summed E-state index contributed by atoms with van der Waals surface area (Å²) in [6.07, 6.45) is 11.0. The number of β-amino-alcohol motifs (C(OH)–C–C–N with tert-alkyl or cyclic N) is 1. The van der Waals surface area contributed by atoms with Crippen LogP contribution in [0.4, 0.5) is 26.0 Å². The van der Waals surface area contributed by atoms with Crippen LogP contribution in [-0.4, -0.2) is 111 Å². The molecule has 2 N–H and O–H groups in total. The number of fused-ring (bicyclic) bond motifs is 4. The van der Waals surface area contributed by atoms with Crippen molar-refractivity contribution in [3.05, 3.63) is 77.5 Å². The lowest BCUT2D eigenvalue weighted by Crippen LogP contribution is -2.57. The first kappa shape index (κ1) is 34.3. The Labute approximate surface area is 301 Å². The molecule has 4 aliphatic heterocycles. The molecule has 2 bridgehead atoms. The van der Waals surface area contributed by atoms with Gasteiger partial charge in [-0.25, -0.2) is 8.78 Å². The number of nitrogens with zero attached hydrogens (tertiary/aromatic N) is 7. The summed E-state index contributed by atoms with van der Waals surface area (Å²) < 4.78 is 36.5. The van der Waals surface area contributed by atoms with Crippen molar-refractivity contribution >= 4 is 23.1 Å². The highest BCUT2D eigenvalue weighted by atomic mass is 19.1. The largest absolute Gasteiger partial charge is 0.461 e. The lowest BCUT2D eigenvalue weighted by atomic mass is 9.87. The van der Waals surface area contributed by atoms with Gasteiger partial charge < -0.3 is 34.5 Å². The minimum atomic E-state index is -1.04. The highest BCUT2D eigenvalue weighted by molar-refractivity contribution is 5.88. The number of carbonyl (C=O) groups excluding carboxylic acids is 1. The Balaban J connectivity index is 1.14. The molecular formula is C39H43F2N7O4. The Morgan fingerprint density at radius 2 is 1.94 bits per heavy atom. The number of anilines is 3. The van der Waals surface area contributed by atoms with E-state index in [0.717, 1.165) is 22.5 Å². The van der Waals surface area contributed by atoms with Crippen molar-refractivity contribution in [3.63, 3.8) is 0 Å². The molecule has 7 atom stereocenters. The van der Waals surface area contributed by atoms with Crippen LogP contribution < -0.4 is 19.4 Å². The molecule has 52 heavy (non-hydrogen) atoms. The van der Waals surface area contributed by atoms with E-state index in [-0.39, 0.29) is 49.1 Å². The number of aliphatic hydroxyl groups excluding tert-OH is 2. The van der Waals surface area contributed by atoms with Crippen LogP contribution in [0.5, 0.6) is 6.01 Å². The van der Waals surface area contributed by atoms with Crippen molar-refractivity contribution in [1.29, 1.82) is 0 Å². The van der Waals surface area contributed by atoms with E-state index in [0.29, 0.717) is 63.2 Å². The summed E-state index contributed by atoms with van der Waals surface area (Å²) in [7, 11) is 0. The number of piperazine rings is 1. The number of hydrogen-bond donors (Lipinski definition) is 2. The quantitative estimate of drug-likeness (QED) is 0.280. The predicted octanol–water partition coefficient (Wildman–Crippen LogP) is 3.00. The molecule has 6 heterocycles. The fourth-order valence-corrected chi connectivity index (χ4v) is 9.28. The first-order valence-electron chi connectivity index (χ1n) is 18.0. The summed E-state index contributed by atoms with van der Waals surface area (Å²) in [5, 5.41) is 21.9. The molecule has 1 unspecified atom stereocenters. The molecule has 13 heteroatoms. The fraction of sp³-hybridized carbons (Fsp3) is 0.487. The molecule has 1 amide bonds. The summed E-state index contributed by atoms with van der Waals surface area (Å²) in [4.78, 5) is 34.8. The Bertz CT molecular complexity index is 1930. The maximum absolute atomic E-state index is 15.0.